The van der Waals surface area contributed by atoms with Crippen molar-refractivity contribution < 1.29 is 9.50 Å². The molecule has 0 aromatic heterocycles. The lowest BCUT2D eigenvalue weighted by molar-refractivity contribution is 0.173. The topological polar surface area (TPSA) is 20.2 Å². The lowest BCUT2D eigenvalue weighted by atomic mass is 10.0. The molecule has 0 aliphatic heterocycles. The third kappa shape index (κ3) is 2.91. The van der Waals surface area contributed by atoms with Crippen LogP contribution in [0.2, 0.25) is 5.02 Å². The van der Waals surface area contributed by atoms with Gasteiger partial charge in [-0.15, -0.1) is 0 Å². The fourth-order valence-electron chi connectivity index (χ4n) is 1.80. The van der Waals surface area contributed by atoms with E-state index in [1.807, 2.05) is 24.3 Å². The average molecular weight is 330 g/mol. The minimum atomic E-state index is -0.961. The Morgan fingerprint density at radius 3 is 2.56 bits per heavy atom. The van der Waals surface area contributed by atoms with Gasteiger partial charge in [0.2, 0.25) is 0 Å². The monoisotopic (exact) mass is 328 g/mol. The van der Waals surface area contributed by atoms with Crippen LogP contribution in [-0.2, 0) is 6.42 Å². The second-order valence-electron chi connectivity index (χ2n) is 3.95. The van der Waals surface area contributed by atoms with E-state index in [-0.39, 0.29) is 10.6 Å². The molecule has 1 atom stereocenters. The summed E-state index contributed by atoms with van der Waals surface area (Å²) in [4.78, 5) is 0. The highest BCUT2D eigenvalue weighted by molar-refractivity contribution is 9.10. The van der Waals surface area contributed by atoms with Crippen molar-refractivity contribution in [3.63, 3.8) is 0 Å². The highest BCUT2D eigenvalue weighted by Crippen LogP contribution is 2.29. The smallest absolute Gasteiger partial charge is 0.130 e. The first-order valence-corrected chi connectivity index (χ1v) is 6.62. The largest absolute Gasteiger partial charge is 0.388 e. The van der Waals surface area contributed by atoms with E-state index in [0.717, 1.165) is 10.0 Å². The Bertz CT molecular complexity index is 539. The summed E-state index contributed by atoms with van der Waals surface area (Å²) in [7, 11) is 0. The van der Waals surface area contributed by atoms with Crippen LogP contribution < -0.4 is 0 Å². The number of hydrogen-bond acceptors (Lipinski definition) is 1. The second-order valence-corrected chi connectivity index (χ2v) is 5.21. The number of halogens is 3. The minimum Gasteiger partial charge on any atom is -0.388 e. The van der Waals surface area contributed by atoms with Gasteiger partial charge in [-0.3, -0.25) is 0 Å². The Morgan fingerprint density at radius 1 is 1.17 bits per heavy atom. The normalized spacial score (nSPS) is 12.4. The van der Waals surface area contributed by atoms with E-state index in [4.69, 9.17) is 11.6 Å². The summed E-state index contributed by atoms with van der Waals surface area (Å²) < 4.78 is 14.5. The van der Waals surface area contributed by atoms with Crippen LogP contribution in [0, 0.1) is 5.82 Å². The number of rotatable bonds is 3. The first-order chi connectivity index (χ1) is 8.59. The lowest BCUT2D eigenvalue weighted by Gasteiger charge is -2.14. The molecule has 4 heteroatoms. The molecule has 1 unspecified atom stereocenters. The molecule has 0 radical (unpaired) electrons. The van der Waals surface area contributed by atoms with Crippen molar-refractivity contribution in [3.8, 4) is 0 Å². The van der Waals surface area contributed by atoms with E-state index in [9.17, 15) is 9.50 Å². The summed E-state index contributed by atoms with van der Waals surface area (Å²) in [6.45, 7) is 0. The molecule has 0 amide bonds. The predicted molar refractivity (Wildman–Crippen MR) is 74.2 cm³/mol. The Kier molecular flexibility index (Phi) is 4.38. The van der Waals surface area contributed by atoms with Gasteiger partial charge in [0.05, 0.1) is 6.10 Å². The lowest BCUT2D eigenvalue weighted by Crippen LogP contribution is -2.05. The Balaban J connectivity index is 2.28. The Morgan fingerprint density at radius 2 is 1.89 bits per heavy atom. The molecule has 2 aromatic rings. The molecule has 0 aliphatic carbocycles. The predicted octanol–water partition coefficient (Wildman–Crippen LogP) is 4.52. The molecule has 0 saturated heterocycles. The zero-order valence-corrected chi connectivity index (χ0v) is 11.7. The molecule has 0 aliphatic rings. The molecule has 94 valence electrons. The van der Waals surface area contributed by atoms with Gasteiger partial charge in [-0.2, -0.15) is 0 Å². The third-order valence-electron chi connectivity index (χ3n) is 2.70. The molecule has 0 heterocycles. The van der Waals surface area contributed by atoms with Crippen molar-refractivity contribution in [1.82, 2.24) is 0 Å². The van der Waals surface area contributed by atoms with Crippen LogP contribution in [0.15, 0.2) is 46.9 Å². The highest BCUT2D eigenvalue weighted by Gasteiger charge is 2.17. The van der Waals surface area contributed by atoms with Crippen molar-refractivity contribution >= 4 is 27.5 Å². The van der Waals surface area contributed by atoms with Crippen LogP contribution in [0.5, 0.6) is 0 Å². The van der Waals surface area contributed by atoms with Crippen LogP contribution in [0.1, 0.15) is 17.2 Å². The van der Waals surface area contributed by atoms with Gasteiger partial charge >= 0.3 is 0 Å². The summed E-state index contributed by atoms with van der Waals surface area (Å²) in [6, 6.07) is 11.9. The maximum atomic E-state index is 13.6. The molecule has 1 nitrogen and oxygen atoms in total. The van der Waals surface area contributed by atoms with Crippen LogP contribution in [0.4, 0.5) is 4.39 Å². The molecule has 2 aromatic carbocycles. The molecule has 18 heavy (non-hydrogen) atoms. The van der Waals surface area contributed by atoms with Gasteiger partial charge in [0.15, 0.2) is 0 Å². The Labute approximate surface area is 118 Å². The van der Waals surface area contributed by atoms with Crippen LogP contribution in [0.25, 0.3) is 0 Å². The van der Waals surface area contributed by atoms with Crippen molar-refractivity contribution in [2.24, 2.45) is 0 Å². The standard InChI is InChI=1S/C14H11BrClFO/c15-10-5-2-1-4-9(10)8-13(18)14-11(16)6-3-7-12(14)17/h1-7,13,18H,8H2. The molecule has 0 bridgehead atoms. The van der Waals surface area contributed by atoms with Gasteiger partial charge in [0.1, 0.15) is 5.82 Å². The van der Waals surface area contributed by atoms with Gasteiger partial charge in [-0.05, 0) is 23.8 Å². The van der Waals surface area contributed by atoms with Crippen LogP contribution in [0.3, 0.4) is 0 Å². The summed E-state index contributed by atoms with van der Waals surface area (Å²) in [5.74, 6) is -0.484. The van der Waals surface area contributed by atoms with Crippen molar-refractivity contribution in [2.75, 3.05) is 0 Å². The van der Waals surface area contributed by atoms with E-state index in [2.05, 4.69) is 15.9 Å². The highest BCUT2D eigenvalue weighted by atomic mass is 79.9. The fraction of sp³-hybridized carbons (Fsp3) is 0.143. The molecular weight excluding hydrogens is 319 g/mol. The van der Waals surface area contributed by atoms with Gasteiger partial charge in [0.25, 0.3) is 0 Å². The van der Waals surface area contributed by atoms with Crippen molar-refractivity contribution in [3.05, 3.63) is 68.9 Å². The van der Waals surface area contributed by atoms with Crippen molar-refractivity contribution in [1.29, 1.82) is 0 Å². The van der Waals surface area contributed by atoms with E-state index in [0.29, 0.717) is 6.42 Å². The van der Waals surface area contributed by atoms with E-state index in [1.54, 1.807) is 6.07 Å². The number of aliphatic hydroxyl groups is 1. The van der Waals surface area contributed by atoms with Gasteiger partial charge in [0, 0.05) is 21.5 Å². The van der Waals surface area contributed by atoms with E-state index in [1.165, 1.54) is 12.1 Å². The van der Waals surface area contributed by atoms with Crippen molar-refractivity contribution in [2.45, 2.75) is 12.5 Å². The SMILES string of the molecule is OC(Cc1ccccc1Br)c1c(F)cccc1Cl. The zero-order valence-electron chi connectivity index (χ0n) is 9.41. The molecule has 1 N–H and O–H groups in total. The van der Waals surface area contributed by atoms with Crippen LogP contribution >= 0.6 is 27.5 Å². The van der Waals surface area contributed by atoms with Gasteiger partial charge < -0.3 is 5.11 Å². The molecule has 2 rings (SSSR count). The fourth-order valence-corrected chi connectivity index (χ4v) is 2.54. The number of benzene rings is 2. The first-order valence-electron chi connectivity index (χ1n) is 5.45. The zero-order chi connectivity index (χ0) is 13.1. The molecule has 0 saturated carbocycles. The number of aliphatic hydroxyl groups excluding tert-OH is 1. The molecule has 0 fully saturated rings. The summed E-state index contributed by atoms with van der Waals surface area (Å²) in [5, 5.41) is 10.4. The maximum absolute atomic E-state index is 13.6. The Hall–Kier alpha value is -0.900. The van der Waals surface area contributed by atoms with Gasteiger partial charge in [-0.1, -0.05) is 51.8 Å². The summed E-state index contributed by atoms with van der Waals surface area (Å²) in [6.07, 6.45) is -0.653. The average Bonchev–Trinajstić information content (AvgIpc) is 2.32. The number of hydrogen-bond donors (Lipinski definition) is 1. The molecule has 0 spiro atoms. The second kappa shape index (κ2) is 5.83. The van der Waals surface area contributed by atoms with Crippen LogP contribution in [-0.4, -0.2) is 5.11 Å². The maximum Gasteiger partial charge on any atom is 0.130 e. The third-order valence-corrected chi connectivity index (χ3v) is 3.81. The minimum absolute atomic E-state index is 0.148. The van der Waals surface area contributed by atoms with E-state index >= 15 is 0 Å². The summed E-state index contributed by atoms with van der Waals surface area (Å²) in [5.41, 5.74) is 1.05. The molecular formula is C14H11BrClFO. The quantitative estimate of drug-likeness (QED) is 0.878. The van der Waals surface area contributed by atoms with Gasteiger partial charge in [-0.25, -0.2) is 4.39 Å². The first kappa shape index (κ1) is 13.5. The summed E-state index contributed by atoms with van der Waals surface area (Å²) >= 11 is 9.32. The van der Waals surface area contributed by atoms with E-state index < -0.39 is 11.9 Å².